The Labute approximate surface area is 117 Å². The van der Waals surface area contributed by atoms with E-state index in [1.807, 2.05) is 0 Å². The van der Waals surface area contributed by atoms with Crippen molar-refractivity contribution in [2.24, 2.45) is 17.8 Å². The van der Waals surface area contributed by atoms with Crippen LogP contribution in [0.3, 0.4) is 0 Å². The summed E-state index contributed by atoms with van der Waals surface area (Å²) < 4.78 is 11.8. The van der Waals surface area contributed by atoms with Crippen LogP contribution >= 0.6 is 31.9 Å². The highest BCUT2D eigenvalue weighted by Crippen LogP contribution is 2.71. The van der Waals surface area contributed by atoms with E-state index in [4.69, 9.17) is 9.47 Å². The Hall–Kier alpha value is 0.550. The number of carbonyl (C=O) groups excluding carboxylic acids is 1. The third kappa shape index (κ3) is 1.10. The Bertz CT molecular complexity index is 393. The molecule has 4 rings (SSSR count). The fourth-order valence-electron chi connectivity index (χ4n) is 4.62. The van der Waals surface area contributed by atoms with E-state index in [2.05, 4.69) is 31.9 Å². The third-order valence-electron chi connectivity index (χ3n) is 5.16. The first kappa shape index (κ1) is 11.4. The van der Waals surface area contributed by atoms with Gasteiger partial charge in [0, 0.05) is 11.8 Å². The minimum atomic E-state index is -0.509. The molecule has 1 heterocycles. The van der Waals surface area contributed by atoms with Crippen molar-refractivity contribution in [3.63, 3.8) is 0 Å². The van der Waals surface area contributed by atoms with Crippen LogP contribution in [-0.2, 0) is 14.3 Å². The molecule has 0 unspecified atom stereocenters. The monoisotopic (exact) mass is 364 g/mol. The topological polar surface area (TPSA) is 35.5 Å². The lowest BCUT2D eigenvalue weighted by Crippen LogP contribution is -2.48. The molecule has 17 heavy (non-hydrogen) atoms. The van der Waals surface area contributed by atoms with Crippen molar-refractivity contribution in [1.82, 2.24) is 0 Å². The SMILES string of the molecule is O=C1[C@@H]2[C@H]3CC[C@@](Br)([C@@H]2C[C@@H]1Br)C31OCCO1. The number of ketones is 1. The van der Waals surface area contributed by atoms with Crippen LogP contribution in [0.2, 0.25) is 0 Å². The summed E-state index contributed by atoms with van der Waals surface area (Å²) in [5.74, 6) is 0.608. The van der Waals surface area contributed by atoms with Crippen LogP contribution in [0.5, 0.6) is 0 Å². The largest absolute Gasteiger partial charge is 0.346 e. The Kier molecular flexibility index (Phi) is 2.24. The molecule has 5 atom stereocenters. The first-order valence-corrected chi connectivity index (χ1v) is 7.96. The predicted molar refractivity (Wildman–Crippen MR) is 68.3 cm³/mol. The van der Waals surface area contributed by atoms with Gasteiger partial charge >= 0.3 is 0 Å². The molecule has 3 aliphatic carbocycles. The van der Waals surface area contributed by atoms with Crippen LogP contribution < -0.4 is 0 Å². The van der Waals surface area contributed by atoms with Crippen molar-refractivity contribution in [2.45, 2.75) is 34.2 Å². The van der Waals surface area contributed by atoms with Gasteiger partial charge < -0.3 is 9.47 Å². The molecule has 1 spiro atoms. The standard InChI is InChI=1S/C12H14Br2O3/c13-8-5-7-9(10(8)15)6-1-2-11(7,14)12(6)16-3-4-17-12/h6-9H,1-5H2/t6-,7-,8+,9-,11-/m1/s1. The Morgan fingerprint density at radius 3 is 2.59 bits per heavy atom. The van der Waals surface area contributed by atoms with Gasteiger partial charge in [-0.3, -0.25) is 4.79 Å². The molecular formula is C12H14Br2O3. The first-order valence-electron chi connectivity index (χ1n) is 6.25. The van der Waals surface area contributed by atoms with Crippen LogP contribution in [0, 0.1) is 17.8 Å². The quantitative estimate of drug-likeness (QED) is 0.617. The number of Topliss-reactive ketones (excluding diaryl/α,β-unsaturated/α-hetero) is 1. The Morgan fingerprint density at radius 1 is 1.24 bits per heavy atom. The van der Waals surface area contributed by atoms with Gasteiger partial charge in [-0.05, 0) is 25.2 Å². The number of hydrogen-bond donors (Lipinski definition) is 0. The number of hydrogen-bond acceptors (Lipinski definition) is 3. The average Bonchev–Trinajstić information content (AvgIpc) is 2.99. The first-order chi connectivity index (χ1) is 8.10. The number of carbonyl (C=O) groups is 1. The second-order valence-corrected chi connectivity index (χ2v) is 8.13. The number of fused-ring (bicyclic) bond motifs is 3. The molecular weight excluding hydrogens is 352 g/mol. The normalized spacial score (nSPS) is 54.8. The third-order valence-corrected chi connectivity index (χ3v) is 7.52. The number of rotatable bonds is 0. The van der Waals surface area contributed by atoms with Crippen molar-refractivity contribution in [3.05, 3.63) is 0 Å². The second kappa shape index (κ2) is 3.35. The number of alkyl halides is 2. The minimum Gasteiger partial charge on any atom is -0.346 e. The maximum absolute atomic E-state index is 12.3. The predicted octanol–water partition coefficient (Wildman–Crippen LogP) is 2.26. The smallest absolute Gasteiger partial charge is 0.187 e. The Morgan fingerprint density at radius 2 is 1.94 bits per heavy atom. The van der Waals surface area contributed by atoms with E-state index in [0.717, 1.165) is 19.3 Å². The summed E-state index contributed by atoms with van der Waals surface area (Å²) in [5, 5.41) is 0. The van der Waals surface area contributed by atoms with Gasteiger partial charge in [-0.2, -0.15) is 0 Å². The van der Waals surface area contributed by atoms with Gasteiger partial charge in [0.05, 0.1) is 22.4 Å². The van der Waals surface area contributed by atoms with Crippen molar-refractivity contribution in [1.29, 1.82) is 0 Å². The van der Waals surface area contributed by atoms with E-state index in [1.54, 1.807) is 0 Å². The zero-order chi connectivity index (χ0) is 11.8. The molecule has 5 heteroatoms. The summed E-state index contributed by atoms with van der Waals surface area (Å²) in [6, 6.07) is 0. The fourth-order valence-corrected chi connectivity index (χ4v) is 6.55. The molecule has 4 fully saturated rings. The molecule has 0 amide bonds. The molecule has 0 aromatic carbocycles. The summed E-state index contributed by atoms with van der Waals surface area (Å²) in [6.45, 7) is 1.32. The van der Waals surface area contributed by atoms with Crippen LogP contribution in [0.4, 0.5) is 0 Å². The summed E-state index contributed by atoms with van der Waals surface area (Å²) in [6.07, 6.45) is 3.02. The van der Waals surface area contributed by atoms with Crippen LogP contribution in [0.25, 0.3) is 0 Å². The van der Waals surface area contributed by atoms with Gasteiger partial charge in [0.2, 0.25) is 0 Å². The van der Waals surface area contributed by atoms with Crippen molar-refractivity contribution in [3.8, 4) is 0 Å². The molecule has 4 aliphatic rings. The molecule has 1 saturated heterocycles. The second-order valence-electron chi connectivity index (χ2n) is 5.61. The summed E-state index contributed by atoms with van der Waals surface area (Å²) >= 11 is 7.42. The lowest BCUT2D eigenvalue weighted by Gasteiger charge is -2.37. The van der Waals surface area contributed by atoms with Crippen molar-refractivity contribution < 1.29 is 14.3 Å². The number of ether oxygens (including phenoxy) is 2. The van der Waals surface area contributed by atoms with E-state index >= 15 is 0 Å². The molecule has 3 nitrogen and oxygen atoms in total. The van der Waals surface area contributed by atoms with Gasteiger partial charge in [0.1, 0.15) is 5.78 Å². The zero-order valence-electron chi connectivity index (χ0n) is 9.33. The molecule has 2 bridgehead atoms. The van der Waals surface area contributed by atoms with E-state index in [9.17, 15) is 4.79 Å². The average molecular weight is 366 g/mol. The molecule has 3 saturated carbocycles. The van der Waals surface area contributed by atoms with E-state index < -0.39 is 5.79 Å². The van der Waals surface area contributed by atoms with Crippen LogP contribution in [-0.4, -0.2) is 33.9 Å². The van der Waals surface area contributed by atoms with Gasteiger partial charge in [0.15, 0.2) is 5.79 Å². The molecule has 94 valence electrons. The van der Waals surface area contributed by atoms with Gasteiger partial charge in [-0.15, -0.1) is 0 Å². The Balaban J connectivity index is 1.83. The fraction of sp³-hybridized carbons (Fsp3) is 0.917. The van der Waals surface area contributed by atoms with Crippen molar-refractivity contribution in [2.75, 3.05) is 13.2 Å². The zero-order valence-corrected chi connectivity index (χ0v) is 12.5. The highest BCUT2D eigenvalue weighted by molar-refractivity contribution is 9.10. The van der Waals surface area contributed by atoms with Gasteiger partial charge in [0.25, 0.3) is 0 Å². The van der Waals surface area contributed by atoms with Crippen molar-refractivity contribution >= 4 is 37.6 Å². The van der Waals surface area contributed by atoms with Gasteiger partial charge in [-0.25, -0.2) is 0 Å². The highest BCUT2D eigenvalue weighted by atomic mass is 79.9. The lowest BCUT2D eigenvalue weighted by molar-refractivity contribution is -0.184. The van der Waals surface area contributed by atoms with Crippen LogP contribution in [0.15, 0.2) is 0 Å². The summed E-state index contributed by atoms with van der Waals surface area (Å²) in [5.41, 5.74) is 0. The molecule has 0 aromatic heterocycles. The van der Waals surface area contributed by atoms with E-state index in [0.29, 0.717) is 24.9 Å². The maximum atomic E-state index is 12.3. The highest BCUT2D eigenvalue weighted by Gasteiger charge is 2.78. The molecule has 0 radical (unpaired) electrons. The molecule has 1 aliphatic heterocycles. The minimum absolute atomic E-state index is 0.0359. The molecule has 0 N–H and O–H groups in total. The summed E-state index contributed by atoms with van der Waals surface area (Å²) in [7, 11) is 0. The molecule has 0 aromatic rings. The van der Waals surface area contributed by atoms with Gasteiger partial charge in [-0.1, -0.05) is 31.9 Å². The summed E-state index contributed by atoms with van der Waals surface area (Å²) in [4.78, 5) is 12.3. The lowest BCUT2D eigenvalue weighted by atomic mass is 9.81. The van der Waals surface area contributed by atoms with E-state index in [-0.39, 0.29) is 21.0 Å². The number of halogens is 2. The maximum Gasteiger partial charge on any atom is 0.187 e. The van der Waals surface area contributed by atoms with Crippen LogP contribution in [0.1, 0.15) is 19.3 Å². The van der Waals surface area contributed by atoms with E-state index in [1.165, 1.54) is 0 Å².